The van der Waals surface area contributed by atoms with E-state index in [0.717, 1.165) is 5.56 Å². The maximum atomic E-state index is 5.40. The van der Waals surface area contributed by atoms with Crippen molar-refractivity contribution in [3.8, 4) is 0 Å². The van der Waals surface area contributed by atoms with Crippen LogP contribution < -0.4 is 11.5 Å². The van der Waals surface area contributed by atoms with E-state index >= 15 is 0 Å². The molecule has 0 aliphatic carbocycles. The summed E-state index contributed by atoms with van der Waals surface area (Å²) in [6.07, 6.45) is 0. The first-order valence-corrected chi connectivity index (χ1v) is 5.25. The molecular weight excluding hydrogens is 198 g/mol. The summed E-state index contributed by atoms with van der Waals surface area (Å²) in [7, 11) is 0. The van der Waals surface area contributed by atoms with Crippen LogP contribution in [0.25, 0.3) is 10.8 Å². The molecular formula is C13H15N3. The molecule has 0 bridgehead atoms. The van der Waals surface area contributed by atoms with E-state index in [1.54, 1.807) is 0 Å². The zero-order chi connectivity index (χ0) is 11.5. The van der Waals surface area contributed by atoms with Gasteiger partial charge in [-0.15, -0.1) is 0 Å². The van der Waals surface area contributed by atoms with Gasteiger partial charge in [-0.1, -0.05) is 42.5 Å². The summed E-state index contributed by atoms with van der Waals surface area (Å²) < 4.78 is 0. The van der Waals surface area contributed by atoms with Crippen LogP contribution in [0.3, 0.4) is 0 Å². The van der Waals surface area contributed by atoms with Crippen LogP contribution in [0.4, 0.5) is 0 Å². The Labute approximate surface area is 94.8 Å². The number of guanidine groups is 1. The molecule has 0 spiro atoms. The second-order valence-corrected chi connectivity index (χ2v) is 3.80. The summed E-state index contributed by atoms with van der Waals surface area (Å²) >= 11 is 0. The van der Waals surface area contributed by atoms with Gasteiger partial charge in [0, 0.05) is 0 Å². The molecule has 0 amide bonds. The number of fused-ring (bicyclic) bond motifs is 1. The van der Waals surface area contributed by atoms with Gasteiger partial charge < -0.3 is 11.5 Å². The van der Waals surface area contributed by atoms with E-state index in [-0.39, 0.29) is 12.0 Å². The Morgan fingerprint density at radius 3 is 2.50 bits per heavy atom. The van der Waals surface area contributed by atoms with Crippen molar-refractivity contribution < 1.29 is 0 Å². The van der Waals surface area contributed by atoms with Gasteiger partial charge in [-0.3, -0.25) is 0 Å². The molecule has 0 aromatic heterocycles. The summed E-state index contributed by atoms with van der Waals surface area (Å²) in [6.45, 7) is 1.99. The van der Waals surface area contributed by atoms with Crippen molar-refractivity contribution in [1.29, 1.82) is 0 Å². The highest BCUT2D eigenvalue weighted by atomic mass is 15.0. The van der Waals surface area contributed by atoms with Gasteiger partial charge >= 0.3 is 0 Å². The highest BCUT2D eigenvalue weighted by molar-refractivity contribution is 5.86. The molecule has 3 nitrogen and oxygen atoms in total. The molecule has 0 aliphatic heterocycles. The minimum Gasteiger partial charge on any atom is -0.370 e. The van der Waals surface area contributed by atoms with Gasteiger partial charge in [0.05, 0.1) is 6.04 Å². The molecule has 0 fully saturated rings. The van der Waals surface area contributed by atoms with E-state index < -0.39 is 0 Å². The Balaban J connectivity index is 2.56. The second kappa shape index (κ2) is 4.23. The average Bonchev–Trinajstić information content (AvgIpc) is 2.27. The van der Waals surface area contributed by atoms with Crippen LogP contribution in [0.15, 0.2) is 47.5 Å². The topological polar surface area (TPSA) is 64.4 Å². The second-order valence-electron chi connectivity index (χ2n) is 3.80. The number of benzene rings is 2. The van der Waals surface area contributed by atoms with E-state index in [9.17, 15) is 0 Å². The summed E-state index contributed by atoms with van der Waals surface area (Å²) in [6, 6.07) is 14.4. The lowest BCUT2D eigenvalue weighted by Crippen LogP contribution is -2.23. The first kappa shape index (κ1) is 10.5. The van der Waals surface area contributed by atoms with Gasteiger partial charge in [0.1, 0.15) is 0 Å². The molecule has 0 saturated carbocycles. The van der Waals surface area contributed by atoms with E-state index in [1.165, 1.54) is 10.8 Å². The van der Waals surface area contributed by atoms with Crippen LogP contribution in [0.1, 0.15) is 18.5 Å². The number of hydrogen-bond donors (Lipinski definition) is 2. The monoisotopic (exact) mass is 213 g/mol. The third-order valence-corrected chi connectivity index (χ3v) is 2.62. The molecule has 0 heterocycles. The lowest BCUT2D eigenvalue weighted by Gasteiger charge is -2.10. The molecule has 1 unspecified atom stereocenters. The third-order valence-electron chi connectivity index (χ3n) is 2.62. The molecule has 1 atom stereocenters. The molecule has 2 aromatic rings. The van der Waals surface area contributed by atoms with Crippen molar-refractivity contribution in [1.82, 2.24) is 0 Å². The standard InChI is InChI=1S/C13H15N3/c1-9(16-13(14)15)11-8-4-6-10-5-2-3-7-12(10)11/h2-9H,1H3,(H4,14,15,16). The van der Waals surface area contributed by atoms with Crippen molar-refractivity contribution in [2.75, 3.05) is 0 Å². The zero-order valence-corrected chi connectivity index (χ0v) is 9.22. The van der Waals surface area contributed by atoms with E-state index in [0.29, 0.717) is 0 Å². The molecule has 4 N–H and O–H groups in total. The summed E-state index contributed by atoms with van der Waals surface area (Å²) in [5.41, 5.74) is 11.9. The number of nitrogens with zero attached hydrogens (tertiary/aromatic N) is 1. The molecule has 3 heteroatoms. The predicted octanol–water partition coefficient (Wildman–Crippen LogP) is 2.17. The Bertz CT molecular complexity index is 522. The maximum absolute atomic E-state index is 5.40. The quantitative estimate of drug-likeness (QED) is 0.593. The SMILES string of the molecule is CC(N=C(N)N)c1cccc2ccccc12. The molecule has 2 aromatic carbocycles. The number of hydrogen-bond acceptors (Lipinski definition) is 1. The zero-order valence-electron chi connectivity index (χ0n) is 9.22. The summed E-state index contributed by atoms with van der Waals surface area (Å²) in [4.78, 5) is 4.17. The van der Waals surface area contributed by atoms with Gasteiger partial charge in [0.15, 0.2) is 5.96 Å². The van der Waals surface area contributed by atoms with Crippen LogP contribution in [0.5, 0.6) is 0 Å². The Kier molecular flexibility index (Phi) is 2.77. The van der Waals surface area contributed by atoms with Crippen molar-refractivity contribution >= 4 is 16.7 Å². The molecule has 2 rings (SSSR count). The fraction of sp³-hybridized carbons (Fsp3) is 0.154. The number of rotatable bonds is 2. The molecule has 82 valence electrons. The minimum atomic E-state index is -0.0175. The summed E-state index contributed by atoms with van der Waals surface area (Å²) in [5.74, 6) is 0.125. The van der Waals surface area contributed by atoms with Gasteiger partial charge in [0.2, 0.25) is 0 Å². The number of aliphatic imine (C=N–C) groups is 1. The van der Waals surface area contributed by atoms with Gasteiger partial charge in [-0.25, -0.2) is 4.99 Å². The van der Waals surface area contributed by atoms with Crippen molar-refractivity contribution in [3.05, 3.63) is 48.0 Å². The lowest BCUT2D eigenvalue weighted by molar-refractivity contribution is 0.824. The summed E-state index contributed by atoms with van der Waals surface area (Å²) in [5, 5.41) is 2.40. The Hall–Kier alpha value is -2.03. The predicted molar refractivity (Wildman–Crippen MR) is 68.2 cm³/mol. The normalized spacial score (nSPS) is 12.3. The molecule has 16 heavy (non-hydrogen) atoms. The van der Waals surface area contributed by atoms with Crippen molar-refractivity contribution in [3.63, 3.8) is 0 Å². The fourth-order valence-corrected chi connectivity index (χ4v) is 1.91. The Morgan fingerprint density at radius 2 is 1.75 bits per heavy atom. The van der Waals surface area contributed by atoms with E-state index in [1.807, 2.05) is 25.1 Å². The van der Waals surface area contributed by atoms with Crippen LogP contribution in [-0.2, 0) is 0 Å². The van der Waals surface area contributed by atoms with Gasteiger partial charge in [-0.2, -0.15) is 0 Å². The van der Waals surface area contributed by atoms with Crippen molar-refractivity contribution in [2.45, 2.75) is 13.0 Å². The Morgan fingerprint density at radius 1 is 1.06 bits per heavy atom. The van der Waals surface area contributed by atoms with Gasteiger partial charge in [0.25, 0.3) is 0 Å². The first-order valence-electron chi connectivity index (χ1n) is 5.25. The minimum absolute atomic E-state index is 0.0175. The molecule has 0 saturated heterocycles. The van der Waals surface area contributed by atoms with E-state index in [4.69, 9.17) is 11.5 Å². The third kappa shape index (κ3) is 1.98. The van der Waals surface area contributed by atoms with Crippen LogP contribution in [-0.4, -0.2) is 5.96 Å². The highest BCUT2D eigenvalue weighted by Crippen LogP contribution is 2.25. The van der Waals surface area contributed by atoms with E-state index in [2.05, 4.69) is 29.3 Å². The largest absolute Gasteiger partial charge is 0.370 e. The van der Waals surface area contributed by atoms with Crippen LogP contribution in [0, 0.1) is 0 Å². The molecule has 0 aliphatic rings. The fourth-order valence-electron chi connectivity index (χ4n) is 1.91. The lowest BCUT2D eigenvalue weighted by atomic mass is 10.0. The molecule has 0 radical (unpaired) electrons. The first-order chi connectivity index (χ1) is 7.68. The number of nitrogens with two attached hydrogens (primary N) is 2. The van der Waals surface area contributed by atoms with Crippen molar-refractivity contribution in [2.24, 2.45) is 16.5 Å². The van der Waals surface area contributed by atoms with Crippen LogP contribution >= 0.6 is 0 Å². The van der Waals surface area contributed by atoms with Crippen LogP contribution in [0.2, 0.25) is 0 Å². The average molecular weight is 213 g/mol. The highest BCUT2D eigenvalue weighted by Gasteiger charge is 2.07. The maximum Gasteiger partial charge on any atom is 0.186 e. The van der Waals surface area contributed by atoms with Gasteiger partial charge in [-0.05, 0) is 23.3 Å². The smallest absolute Gasteiger partial charge is 0.186 e.